The van der Waals surface area contributed by atoms with Gasteiger partial charge in [0.2, 0.25) is 0 Å². The van der Waals surface area contributed by atoms with Crippen molar-refractivity contribution in [1.82, 2.24) is 9.80 Å². The fraction of sp³-hybridized carbons (Fsp3) is 0.895. The summed E-state index contributed by atoms with van der Waals surface area (Å²) >= 11 is 0. The molecule has 2 rings (SSSR count). The first-order valence-electron chi connectivity index (χ1n) is 9.41. The predicted molar refractivity (Wildman–Crippen MR) is 100 cm³/mol. The number of ether oxygens (including phenoxy) is 2. The molecule has 0 unspecified atom stereocenters. The Hall–Kier alpha value is -1.50. The van der Waals surface area contributed by atoms with Crippen LogP contribution in [0, 0.1) is 5.92 Å². The molecule has 2 heterocycles. The fourth-order valence-corrected chi connectivity index (χ4v) is 2.66. The first-order valence-corrected chi connectivity index (χ1v) is 9.41. The van der Waals surface area contributed by atoms with Crippen molar-refractivity contribution in [3.05, 3.63) is 0 Å². The highest BCUT2D eigenvalue weighted by molar-refractivity contribution is 5.68. The van der Waals surface area contributed by atoms with Crippen LogP contribution in [0.25, 0.3) is 0 Å². The maximum absolute atomic E-state index is 11.5. The molecule has 2 aliphatic heterocycles. The summed E-state index contributed by atoms with van der Waals surface area (Å²) in [5, 5.41) is 9.20. The molecule has 0 aromatic rings. The van der Waals surface area contributed by atoms with Crippen molar-refractivity contribution in [1.29, 1.82) is 0 Å². The van der Waals surface area contributed by atoms with Gasteiger partial charge in [0.05, 0.1) is 6.10 Å². The molecule has 0 saturated carbocycles. The van der Waals surface area contributed by atoms with Gasteiger partial charge < -0.3 is 24.4 Å². The highest BCUT2D eigenvalue weighted by Gasteiger charge is 2.28. The average molecular weight is 373 g/mol. The van der Waals surface area contributed by atoms with E-state index in [4.69, 9.17) is 9.47 Å². The summed E-state index contributed by atoms with van der Waals surface area (Å²) in [5.41, 5.74) is -0.826. The molecule has 152 valence electrons. The summed E-state index contributed by atoms with van der Waals surface area (Å²) < 4.78 is 10.4. The zero-order valence-electron chi connectivity index (χ0n) is 17.4. The first kappa shape index (κ1) is 22.5. The maximum atomic E-state index is 11.5. The normalized spacial score (nSPS) is 23.4. The smallest absolute Gasteiger partial charge is 0.410 e. The standard InChI is InChI=1S/C10H19NO2.C9H17NO3/c1-8-5-6-11(7-8)9(12)13-10(2,3)4;1-9(2,3)13-8(12)10-5-4-7(11)6-10/h8H,5-7H2,1-4H3;7,11H,4-6H2,1-3H3/t8-;7-/m11/s1. The number of β-amino-alcohol motifs (C(OH)–C–C–N with tert-alkyl or cyclic N) is 1. The topological polar surface area (TPSA) is 79.3 Å². The summed E-state index contributed by atoms with van der Waals surface area (Å²) in [5.74, 6) is 0.618. The van der Waals surface area contributed by atoms with Crippen LogP contribution in [0.1, 0.15) is 61.3 Å². The molecule has 2 atom stereocenters. The van der Waals surface area contributed by atoms with E-state index in [1.165, 1.54) is 4.90 Å². The van der Waals surface area contributed by atoms with Crippen LogP contribution in [-0.2, 0) is 9.47 Å². The molecule has 2 aliphatic rings. The largest absolute Gasteiger partial charge is 0.444 e. The van der Waals surface area contributed by atoms with Crippen LogP contribution in [-0.4, -0.2) is 70.6 Å². The van der Waals surface area contributed by atoms with E-state index in [0.717, 1.165) is 19.5 Å². The number of aliphatic hydroxyl groups is 1. The number of hydrogen-bond donors (Lipinski definition) is 1. The van der Waals surface area contributed by atoms with Crippen LogP contribution in [0.2, 0.25) is 0 Å². The molecule has 0 spiro atoms. The minimum absolute atomic E-state index is 0.170. The number of amides is 2. The molecule has 7 heteroatoms. The van der Waals surface area contributed by atoms with Gasteiger partial charge in [0.25, 0.3) is 0 Å². The second kappa shape index (κ2) is 8.93. The number of hydrogen-bond acceptors (Lipinski definition) is 5. The molecular weight excluding hydrogens is 336 g/mol. The third-order valence-electron chi connectivity index (χ3n) is 3.89. The minimum atomic E-state index is -0.454. The van der Waals surface area contributed by atoms with Gasteiger partial charge in [0, 0.05) is 26.2 Å². The second-order valence-corrected chi connectivity index (χ2v) is 9.19. The Morgan fingerprint density at radius 1 is 0.846 bits per heavy atom. The van der Waals surface area contributed by atoms with E-state index in [2.05, 4.69) is 6.92 Å². The molecule has 0 aliphatic carbocycles. The molecular formula is C19H36N2O5. The lowest BCUT2D eigenvalue weighted by atomic mass is 10.2. The van der Waals surface area contributed by atoms with Crippen molar-refractivity contribution in [2.24, 2.45) is 5.92 Å². The van der Waals surface area contributed by atoms with E-state index in [1.807, 2.05) is 41.5 Å². The van der Waals surface area contributed by atoms with Crippen LogP contribution < -0.4 is 0 Å². The van der Waals surface area contributed by atoms with Crippen LogP contribution in [0.4, 0.5) is 9.59 Å². The third-order valence-corrected chi connectivity index (χ3v) is 3.89. The molecule has 2 amide bonds. The summed E-state index contributed by atoms with van der Waals surface area (Å²) in [6.45, 7) is 16.0. The zero-order chi connectivity index (χ0) is 20.1. The van der Waals surface area contributed by atoms with Gasteiger partial charge in [0.15, 0.2) is 0 Å². The van der Waals surface area contributed by atoms with Gasteiger partial charge in [-0.25, -0.2) is 9.59 Å². The Morgan fingerprint density at radius 3 is 1.58 bits per heavy atom. The van der Waals surface area contributed by atoms with E-state index in [9.17, 15) is 14.7 Å². The van der Waals surface area contributed by atoms with E-state index < -0.39 is 5.60 Å². The number of nitrogens with zero attached hydrogens (tertiary/aromatic N) is 2. The lowest BCUT2D eigenvalue weighted by molar-refractivity contribution is 0.0266. The lowest BCUT2D eigenvalue weighted by Crippen LogP contribution is -2.35. The summed E-state index contributed by atoms with van der Waals surface area (Å²) in [6, 6.07) is 0. The van der Waals surface area contributed by atoms with Gasteiger partial charge in [-0.15, -0.1) is 0 Å². The molecule has 1 N–H and O–H groups in total. The van der Waals surface area contributed by atoms with Crippen LogP contribution in [0.5, 0.6) is 0 Å². The van der Waals surface area contributed by atoms with E-state index in [0.29, 0.717) is 25.4 Å². The summed E-state index contributed by atoms with van der Waals surface area (Å²) in [4.78, 5) is 26.2. The molecule has 0 bridgehead atoms. The van der Waals surface area contributed by atoms with E-state index in [-0.39, 0.29) is 23.9 Å². The predicted octanol–water partition coefficient (Wildman–Crippen LogP) is 3.25. The number of carbonyl (C=O) groups is 2. The Balaban J connectivity index is 0.000000260. The van der Waals surface area contributed by atoms with Crippen molar-refractivity contribution in [2.45, 2.75) is 78.6 Å². The monoisotopic (exact) mass is 372 g/mol. The molecule has 7 nitrogen and oxygen atoms in total. The maximum Gasteiger partial charge on any atom is 0.410 e. The van der Waals surface area contributed by atoms with Crippen molar-refractivity contribution >= 4 is 12.2 Å². The van der Waals surface area contributed by atoms with Gasteiger partial charge in [-0.3, -0.25) is 0 Å². The van der Waals surface area contributed by atoms with Crippen molar-refractivity contribution in [2.75, 3.05) is 26.2 Å². The number of likely N-dealkylation sites (tertiary alicyclic amines) is 2. The summed E-state index contributed by atoms with van der Waals surface area (Å²) in [7, 11) is 0. The van der Waals surface area contributed by atoms with Crippen LogP contribution >= 0.6 is 0 Å². The number of aliphatic hydroxyl groups excluding tert-OH is 1. The van der Waals surface area contributed by atoms with Crippen molar-refractivity contribution in [3.8, 4) is 0 Å². The first-order chi connectivity index (χ1) is 11.8. The fourth-order valence-electron chi connectivity index (χ4n) is 2.66. The second-order valence-electron chi connectivity index (χ2n) is 9.19. The van der Waals surface area contributed by atoms with Gasteiger partial charge in [-0.2, -0.15) is 0 Å². The van der Waals surface area contributed by atoms with E-state index >= 15 is 0 Å². The molecule has 0 aromatic carbocycles. The SMILES string of the molecule is CC(C)(C)OC(=O)N1CC[C@@H](O)C1.C[C@@H]1CCN(C(=O)OC(C)(C)C)C1. The lowest BCUT2D eigenvalue weighted by Gasteiger charge is -2.24. The van der Waals surface area contributed by atoms with Gasteiger partial charge in [-0.1, -0.05) is 6.92 Å². The highest BCUT2D eigenvalue weighted by atomic mass is 16.6. The van der Waals surface area contributed by atoms with Gasteiger partial charge in [0.1, 0.15) is 11.2 Å². The molecule has 0 aromatic heterocycles. The van der Waals surface area contributed by atoms with E-state index in [1.54, 1.807) is 4.90 Å². The number of rotatable bonds is 0. The van der Waals surface area contributed by atoms with Crippen LogP contribution in [0.3, 0.4) is 0 Å². The number of carbonyl (C=O) groups excluding carboxylic acids is 2. The summed E-state index contributed by atoms with van der Waals surface area (Å²) in [6.07, 6.45) is 0.867. The Labute approximate surface area is 157 Å². The van der Waals surface area contributed by atoms with Gasteiger partial charge in [-0.05, 0) is 60.3 Å². The molecule has 2 saturated heterocycles. The van der Waals surface area contributed by atoms with Crippen LogP contribution in [0.15, 0.2) is 0 Å². The molecule has 2 fully saturated rings. The van der Waals surface area contributed by atoms with Crippen molar-refractivity contribution < 1.29 is 24.2 Å². The van der Waals surface area contributed by atoms with Crippen molar-refractivity contribution in [3.63, 3.8) is 0 Å². The van der Waals surface area contributed by atoms with Gasteiger partial charge >= 0.3 is 12.2 Å². The average Bonchev–Trinajstić information content (AvgIpc) is 3.04. The zero-order valence-corrected chi connectivity index (χ0v) is 17.4. The minimum Gasteiger partial charge on any atom is -0.444 e. The molecule has 0 radical (unpaired) electrons. The quantitative estimate of drug-likeness (QED) is 0.706. The Bertz CT molecular complexity index is 437. The Morgan fingerprint density at radius 2 is 1.27 bits per heavy atom. The third kappa shape index (κ3) is 8.74. The molecule has 26 heavy (non-hydrogen) atoms. The Kier molecular flexibility index (Phi) is 7.74. The highest BCUT2D eigenvalue weighted by Crippen LogP contribution is 2.18.